The summed E-state index contributed by atoms with van der Waals surface area (Å²) in [5, 5.41) is 1.47. The highest BCUT2D eigenvalue weighted by atomic mass is 127. The molecule has 5 heteroatoms. The largest absolute Gasteiger partial charge is 1.00 e. The number of hydrogen-bond donors (Lipinski definition) is 0. The summed E-state index contributed by atoms with van der Waals surface area (Å²) >= 11 is 12.7. The highest BCUT2D eigenvalue weighted by molar-refractivity contribution is 6.35. The number of benzene rings is 1. The van der Waals surface area contributed by atoms with Crippen LogP contribution in [0, 0.1) is 6.92 Å². The average molecular weight is 593 g/mol. The number of aromatic nitrogens is 2. The second-order valence-corrected chi connectivity index (χ2v) is 9.78. The van der Waals surface area contributed by atoms with Crippen LogP contribution in [0.25, 0.3) is 0 Å². The van der Waals surface area contributed by atoms with Gasteiger partial charge in [-0.3, -0.25) is 0 Å². The fourth-order valence-electron chi connectivity index (χ4n) is 4.28. The standard InChI is InChI=1S/C27H43Cl2N2.HI/c1-3-4-5-6-7-8-9-10-11-12-13-14-15-16-20-30-21-22-31(24(30)2)23-25-26(28)18-17-19-27(25)29;/h17-19,21-22H,3-16,20,23H2,1-2H3;1H/q+1;/p-1. The number of aryl methyl sites for hydroxylation is 1. The zero-order valence-electron chi connectivity index (χ0n) is 20.2. The fourth-order valence-corrected chi connectivity index (χ4v) is 4.79. The summed E-state index contributed by atoms with van der Waals surface area (Å²) in [5.41, 5.74) is 0.994. The Kier molecular flexibility index (Phi) is 16.9. The van der Waals surface area contributed by atoms with Crippen LogP contribution in [0.5, 0.6) is 0 Å². The molecule has 0 spiro atoms. The summed E-state index contributed by atoms with van der Waals surface area (Å²) in [6, 6.07) is 5.71. The minimum Gasteiger partial charge on any atom is -1.00 e. The fraction of sp³-hybridized carbons (Fsp3) is 0.667. The monoisotopic (exact) mass is 592 g/mol. The molecule has 0 saturated heterocycles. The Morgan fingerprint density at radius 1 is 0.750 bits per heavy atom. The van der Waals surface area contributed by atoms with Gasteiger partial charge < -0.3 is 24.0 Å². The van der Waals surface area contributed by atoms with Crippen LogP contribution in [-0.4, -0.2) is 4.57 Å². The van der Waals surface area contributed by atoms with Crippen molar-refractivity contribution in [3.8, 4) is 0 Å². The quantitative estimate of drug-likeness (QED) is 0.122. The van der Waals surface area contributed by atoms with Gasteiger partial charge in [0.15, 0.2) is 0 Å². The first-order valence-corrected chi connectivity index (χ1v) is 13.4. The second kappa shape index (κ2) is 18.1. The van der Waals surface area contributed by atoms with Crippen molar-refractivity contribution in [1.29, 1.82) is 0 Å². The molecule has 0 saturated carbocycles. The van der Waals surface area contributed by atoms with E-state index >= 15 is 0 Å². The van der Waals surface area contributed by atoms with Crippen LogP contribution in [0.1, 0.15) is 108 Å². The van der Waals surface area contributed by atoms with E-state index in [1.807, 2.05) is 18.2 Å². The SMILES string of the molecule is CCCCCCCCCCCCCCCCn1cc[n+](Cc2c(Cl)cccc2Cl)c1C.[I-]. The lowest BCUT2D eigenvalue weighted by Gasteiger charge is -2.06. The van der Waals surface area contributed by atoms with Crippen LogP contribution in [0.4, 0.5) is 0 Å². The third-order valence-corrected chi connectivity index (χ3v) is 7.11. The summed E-state index contributed by atoms with van der Waals surface area (Å²) in [5.74, 6) is 1.26. The number of unbranched alkanes of at least 4 members (excludes halogenated alkanes) is 13. The molecule has 1 heterocycles. The topological polar surface area (TPSA) is 8.81 Å². The van der Waals surface area contributed by atoms with E-state index in [1.54, 1.807) is 0 Å². The average Bonchev–Trinajstić information content (AvgIpc) is 3.10. The van der Waals surface area contributed by atoms with E-state index in [0.29, 0.717) is 0 Å². The molecule has 0 aliphatic heterocycles. The molecule has 0 amide bonds. The van der Waals surface area contributed by atoms with Crippen LogP contribution in [-0.2, 0) is 13.1 Å². The van der Waals surface area contributed by atoms with E-state index in [-0.39, 0.29) is 24.0 Å². The van der Waals surface area contributed by atoms with Gasteiger partial charge in [0, 0.05) is 22.5 Å². The normalized spacial score (nSPS) is 11.0. The highest BCUT2D eigenvalue weighted by Gasteiger charge is 2.15. The maximum Gasteiger partial charge on any atom is 0.253 e. The lowest BCUT2D eigenvalue weighted by atomic mass is 10.0. The van der Waals surface area contributed by atoms with Crippen LogP contribution in [0.3, 0.4) is 0 Å². The van der Waals surface area contributed by atoms with E-state index in [0.717, 1.165) is 28.7 Å². The van der Waals surface area contributed by atoms with Gasteiger partial charge in [-0.1, -0.05) is 113 Å². The van der Waals surface area contributed by atoms with Crippen LogP contribution < -0.4 is 28.5 Å². The molecule has 1 aromatic heterocycles. The maximum absolute atomic E-state index is 6.34. The molecule has 32 heavy (non-hydrogen) atoms. The smallest absolute Gasteiger partial charge is 0.253 e. The van der Waals surface area contributed by atoms with Gasteiger partial charge in [0.2, 0.25) is 0 Å². The van der Waals surface area contributed by atoms with Crippen LogP contribution >= 0.6 is 23.2 Å². The predicted octanol–water partition coefficient (Wildman–Crippen LogP) is 5.92. The van der Waals surface area contributed by atoms with Crippen LogP contribution in [0.15, 0.2) is 30.6 Å². The predicted molar refractivity (Wildman–Crippen MR) is 135 cm³/mol. The zero-order chi connectivity index (χ0) is 22.3. The molecule has 0 aliphatic rings. The third-order valence-electron chi connectivity index (χ3n) is 6.40. The Morgan fingerprint density at radius 3 is 1.72 bits per heavy atom. The summed E-state index contributed by atoms with van der Waals surface area (Å²) in [6.45, 7) is 6.27. The van der Waals surface area contributed by atoms with E-state index in [1.165, 1.54) is 95.7 Å². The molecular formula is C27H43Cl2IN2. The molecule has 0 unspecified atom stereocenters. The first-order valence-electron chi connectivity index (χ1n) is 12.6. The van der Waals surface area contributed by atoms with Crippen molar-refractivity contribution in [1.82, 2.24) is 4.57 Å². The van der Waals surface area contributed by atoms with E-state index in [4.69, 9.17) is 23.2 Å². The first-order chi connectivity index (χ1) is 15.1. The molecule has 0 bridgehead atoms. The Morgan fingerprint density at radius 2 is 1.22 bits per heavy atom. The van der Waals surface area contributed by atoms with Gasteiger partial charge in [0.25, 0.3) is 5.82 Å². The molecule has 182 valence electrons. The maximum atomic E-state index is 6.34. The molecule has 2 nitrogen and oxygen atoms in total. The Bertz CT molecular complexity index is 725. The number of rotatable bonds is 17. The van der Waals surface area contributed by atoms with Gasteiger partial charge in [0.05, 0.1) is 6.54 Å². The molecule has 0 aliphatic carbocycles. The van der Waals surface area contributed by atoms with E-state index < -0.39 is 0 Å². The summed E-state index contributed by atoms with van der Waals surface area (Å²) in [7, 11) is 0. The minimum atomic E-state index is 0. The van der Waals surface area contributed by atoms with Gasteiger partial charge in [-0.2, -0.15) is 0 Å². The van der Waals surface area contributed by atoms with Crippen LogP contribution in [0.2, 0.25) is 10.0 Å². The molecule has 2 rings (SSSR count). The zero-order valence-corrected chi connectivity index (χ0v) is 23.9. The summed E-state index contributed by atoms with van der Waals surface area (Å²) in [6.07, 6.45) is 23.9. The highest BCUT2D eigenvalue weighted by Crippen LogP contribution is 2.24. The third kappa shape index (κ3) is 11.2. The molecule has 0 N–H and O–H groups in total. The van der Waals surface area contributed by atoms with Crippen molar-refractivity contribution < 1.29 is 28.5 Å². The molecule has 1 aromatic carbocycles. The van der Waals surface area contributed by atoms with Gasteiger partial charge in [-0.25, -0.2) is 9.13 Å². The molecule has 0 radical (unpaired) electrons. The van der Waals surface area contributed by atoms with Crippen molar-refractivity contribution in [2.75, 3.05) is 0 Å². The van der Waals surface area contributed by atoms with Crippen molar-refractivity contribution >= 4 is 23.2 Å². The molecule has 2 aromatic rings. The summed E-state index contributed by atoms with van der Waals surface area (Å²) < 4.78 is 4.59. The van der Waals surface area contributed by atoms with Gasteiger partial charge >= 0.3 is 0 Å². The van der Waals surface area contributed by atoms with Gasteiger partial charge in [0.1, 0.15) is 18.9 Å². The van der Waals surface area contributed by atoms with Crippen molar-refractivity contribution in [2.24, 2.45) is 0 Å². The van der Waals surface area contributed by atoms with E-state index in [9.17, 15) is 0 Å². The number of nitrogens with zero attached hydrogens (tertiary/aromatic N) is 2. The number of imidazole rings is 1. The van der Waals surface area contributed by atoms with Gasteiger partial charge in [-0.15, -0.1) is 0 Å². The lowest BCUT2D eigenvalue weighted by Crippen LogP contribution is -3.00. The second-order valence-electron chi connectivity index (χ2n) is 8.96. The first kappa shape index (κ1) is 29.8. The van der Waals surface area contributed by atoms with Crippen molar-refractivity contribution in [3.05, 3.63) is 52.0 Å². The number of halogens is 3. The molecule has 0 atom stereocenters. The Hall–Kier alpha value is -0.260. The molecule has 0 fully saturated rings. The van der Waals surface area contributed by atoms with Gasteiger partial charge in [-0.05, 0) is 25.0 Å². The molecular weight excluding hydrogens is 550 g/mol. The van der Waals surface area contributed by atoms with Crippen molar-refractivity contribution in [2.45, 2.75) is 117 Å². The number of hydrogen-bond acceptors (Lipinski definition) is 0. The van der Waals surface area contributed by atoms with Crippen molar-refractivity contribution in [3.63, 3.8) is 0 Å². The van der Waals surface area contributed by atoms with E-state index in [2.05, 4.69) is 35.4 Å². The lowest BCUT2D eigenvalue weighted by molar-refractivity contribution is -0.693. The minimum absolute atomic E-state index is 0. The Balaban J connectivity index is 0.00000512. The Labute approximate surface area is 224 Å². The summed E-state index contributed by atoms with van der Waals surface area (Å²) in [4.78, 5) is 0.